The van der Waals surface area contributed by atoms with Crippen molar-refractivity contribution in [3.8, 4) is 22.8 Å². The van der Waals surface area contributed by atoms with E-state index in [4.69, 9.17) is 20.4 Å². The van der Waals surface area contributed by atoms with Gasteiger partial charge >= 0.3 is 5.63 Å². The van der Waals surface area contributed by atoms with E-state index in [1.54, 1.807) is 36.4 Å². The molecule has 0 spiro atoms. The van der Waals surface area contributed by atoms with Crippen LogP contribution >= 0.6 is 11.6 Å². The molecule has 0 bridgehead atoms. The topological polar surface area (TPSA) is 68.3 Å². The molecule has 2 heterocycles. The molecule has 0 radical (unpaired) electrons. The Morgan fingerprint density at radius 3 is 2.52 bits per heavy atom. The van der Waals surface area contributed by atoms with Crippen molar-refractivity contribution in [2.75, 3.05) is 5.32 Å². The summed E-state index contributed by atoms with van der Waals surface area (Å²) >= 11 is 5.92. The minimum atomic E-state index is -0.463. The fourth-order valence-corrected chi connectivity index (χ4v) is 3.45. The van der Waals surface area contributed by atoms with E-state index in [-0.39, 0.29) is 0 Å². The first kappa shape index (κ1) is 19.2. The predicted octanol–water partition coefficient (Wildman–Crippen LogP) is 6.82. The van der Waals surface area contributed by atoms with Crippen molar-refractivity contribution in [3.05, 3.63) is 99.9 Å². The van der Waals surface area contributed by atoms with Gasteiger partial charge in [-0.1, -0.05) is 23.7 Å². The molecule has 6 heteroatoms. The van der Waals surface area contributed by atoms with Crippen LogP contribution in [0.3, 0.4) is 0 Å². The number of hydrogen-bond acceptors (Lipinski definition) is 5. The molecule has 152 valence electrons. The van der Waals surface area contributed by atoms with Crippen molar-refractivity contribution in [1.29, 1.82) is 0 Å². The zero-order chi connectivity index (χ0) is 21.4. The Hall–Kier alpha value is -3.83. The van der Waals surface area contributed by atoms with E-state index in [2.05, 4.69) is 10.3 Å². The van der Waals surface area contributed by atoms with Crippen LogP contribution in [0.25, 0.3) is 33.9 Å². The Bertz CT molecular complexity index is 1450. The molecule has 0 fully saturated rings. The smallest absolute Gasteiger partial charge is 0.360 e. The lowest BCUT2D eigenvalue weighted by Crippen LogP contribution is -2.06. The van der Waals surface area contributed by atoms with E-state index < -0.39 is 5.63 Å². The molecule has 5 nitrogen and oxygen atoms in total. The Balaban J connectivity index is 1.42. The number of fused-ring (bicyclic) bond motifs is 1. The monoisotopic (exact) mass is 428 g/mol. The summed E-state index contributed by atoms with van der Waals surface area (Å²) in [5.41, 5.74) is 4.85. The van der Waals surface area contributed by atoms with E-state index in [9.17, 15) is 4.79 Å². The summed E-state index contributed by atoms with van der Waals surface area (Å²) in [6.45, 7) is 2.02. The summed E-state index contributed by atoms with van der Waals surface area (Å²) in [5, 5.41) is 3.74. The molecule has 0 saturated heterocycles. The highest BCUT2D eigenvalue weighted by molar-refractivity contribution is 6.30. The highest BCUT2D eigenvalue weighted by Crippen LogP contribution is 2.28. The number of nitrogens with zero attached hydrogens (tertiary/aromatic N) is 1. The molecule has 31 heavy (non-hydrogen) atoms. The first-order chi connectivity index (χ1) is 15.0. The molecule has 5 rings (SSSR count). The molecule has 3 aromatic carbocycles. The molecular weight excluding hydrogens is 412 g/mol. The molecule has 2 aromatic heterocycles. The molecule has 5 aromatic rings. The van der Waals surface area contributed by atoms with Gasteiger partial charge < -0.3 is 14.2 Å². The van der Waals surface area contributed by atoms with Gasteiger partial charge in [-0.2, -0.15) is 0 Å². The minimum absolute atomic E-state index is 0.336. The van der Waals surface area contributed by atoms with Crippen LogP contribution in [0.1, 0.15) is 5.56 Å². The molecule has 0 saturated carbocycles. The van der Waals surface area contributed by atoms with E-state index >= 15 is 0 Å². The van der Waals surface area contributed by atoms with Crippen molar-refractivity contribution in [3.63, 3.8) is 0 Å². The minimum Gasteiger partial charge on any atom is -0.436 e. The third-order valence-corrected chi connectivity index (χ3v) is 5.14. The number of oxazole rings is 1. The summed E-state index contributed by atoms with van der Waals surface area (Å²) in [7, 11) is 0. The van der Waals surface area contributed by atoms with Crippen LogP contribution in [0, 0.1) is 6.92 Å². The normalized spacial score (nSPS) is 11.0. The first-order valence-corrected chi connectivity index (χ1v) is 10.1. The predicted molar refractivity (Wildman–Crippen MR) is 123 cm³/mol. The van der Waals surface area contributed by atoms with Crippen molar-refractivity contribution >= 4 is 34.1 Å². The largest absolute Gasteiger partial charge is 0.436 e. The van der Waals surface area contributed by atoms with Crippen LogP contribution in [0.2, 0.25) is 5.02 Å². The molecule has 0 aliphatic carbocycles. The van der Waals surface area contributed by atoms with Gasteiger partial charge in [0.05, 0.1) is 0 Å². The van der Waals surface area contributed by atoms with E-state index in [1.165, 1.54) is 0 Å². The zero-order valence-electron chi connectivity index (χ0n) is 16.6. The molecule has 0 atom stereocenters. The van der Waals surface area contributed by atoms with Crippen LogP contribution in [-0.2, 0) is 0 Å². The van der Waals surface area contributed by atoms with Crippen LogP contribution in [0.5, 0.6) is 0 Å². The quantitative estimate of drug-likeness (QED) is 0.340. The summed E-state index contributed by atoms with van der Waals surface area (Å²) < 4.78 is 11.4. The third-order valence-electron chi connectivity index (χ3n) is 4.88. The fraction of sp³-hybridized carbons (Fsp3) is 0.0400. The molecular formula is C25H17ClN2O3. The van der Waals surface area contributed by atoms with Gasteiger partial charge in [0.15, 0.2) is 5.58 Å². The number of aryl methyl sites for hydroxylation is 1. The maximum Gasteiger partial charge on any atom is 0.360 e. The van der Waals surface area contributed by atoms with Crippen molar-refractivity contribution in [2.24, 2.45) is 0 Å². The Kier molecular flexibility index (Phi) is 4.81. The van der Waals surface area contributed by atoms with Crippen LogP contribution < -0.4 is 10.9 Å². The third kappa shape index (κ3) is 3.96. The number of hydrogen-bond donors (Lipinski definition) is 1. The zero-order valence-corrected chi connectivity index (χ0v) is 17.3. The average molecular weight is 429 g/mol. The average Bonchev–Trinajstić information content (AvgIpc) is 3.19. The van der Waals surface area contributed by atoms with Crippen molar-refractivity contribution in [1.82, 2.24) is 4.98 Å². The second-order valence-electron chi connectivity index (χ2n) is 7.20. The fourth-order valence-electron chi connectivity index (χ4n) is 3.32. The highest BCUT2D eigenvalue weighted by Gasteiger charge is 2.11. The molecule has 0 aliphatic rings. The van der Waals surface area contributed by atoms with Crippen LogP contribution in [0.4, 0.5) is 11.4 Å². The second-order valence-corrected chi connectivity index (χ2v) is 7.64. The lowest BCUT2D eigenvalue weighted by atomic mass is 10.1. The van der Waals surface area contributed by atoms with Gasteiger partial charge in [-0.3, -0.25) is 0 Å². The Morgan fingerprint density at radius 2 is 1.71 bits per heavy atom. The number of anilines is 2. The van der Waals surface area contributed by atoms with E-state index in [1.807, 2.05) is 49.4 Å². The second kappa shape index (κ2) is 7.78. The molecule has 0 unspecified atom stereocenters. The molecule has 1 N–H and O–H groups in total. The van der Waals surface area contributed by atoms with Crippen molar-refractivity contribution in [2.45, 2.75) is 6.92 Å². The standard InChI is InChI=1S/C25H17ClN2O3/c1-15-5-11-23-21(13-15)28-24(30-23)17-3-2-4-19(14-17)27-20-10-12-22(31-25(20)29)16-6-8-18(26)9-7-16/h2-14,27H,1H3. The number of rotatable bonds is 4. The van der Waals surface area contributed by atoms with Crippen LogP contribution in [0.15, 0.2) is 92.5 Å². The van der Waals surface area contributed by atoms with Gasteiger partial charge in [-0.15, -0.1) is 0 Å². The highest BCUT2D eigenvalue weighted by atomic mass is 35.5. The number of aromatic nitrogens is 1. The Labute approximate surface area is 182 Å². The van der Waals surface area contributed by atoms with Gasteiger partial charge in [0.25, 0.3) is 0 Å². The van der Waals surface area contributed by atoms with E-state index in [0.717, 1.165) is 33.5 Å². The SMILES string of the molecule is Cc1ccc2oc(-c3cccc(Nc4ccc(-c5ccc(Cl)cc5)oc4=O)c3)nc2c1. The number of benzene rings is 3. The first-order valence-electron chi connectivity index (χ1n) is 9.70. The Morgan fingerprint density at radius 1 is 0.871 bits per heavy atom. The number of nitrogens with one attached hydrogen (secondary N) is 1. The summed E-state index contributed by atoms with van der Waals surface area (Å²) in [6.07, 6.45) is 0. The van der Waals surface area contributed by atoms with Crippen molar-refractivity contribution < 1.29 is 8.83 Å². The maximum absolute atomic E-state index is 12.5. The molecule has 0 amide bonds. The van der Waals surface area contributed by atoms with Gasteiger partial charge in [-0.05, 0) is 79.2 Å². The summed E-state index contributed by atoms with van der Waals surface area (Å²) in [4.78, 5) is 17.1. The van der Waals surface area contributed by atoms with Crippen LogP contribution in [-0.4, -0.2) is 4.98 Å². The van der Waals surface area contributed by atoms with Gasteiger partial charge in [0.2, 0.25) is 5.89 Å². The number of halogens is 1. The van der Waals surface area contributed by atoms with Gasteiger partial charge in [0.1, 0.15) is 17.0 Å². The van der Waals surface area contributed by atoms with E-state index in [0.29, 0.717) is 22.4 Å². The lowest BCUT2D eigenvalue weighted by molar-refractivity contribution is 0.529. The lowest BCUT2D eigenvalue weighted by Gasteiger charge is -2.07. The summed E-state index contributed by atoms with van der Waals surface area (Å²) in [6, 6.07) is 24.0. The van der Waals surface area contributed by atoms with Gasteiger partial charge in [-0.25, -0.2) is 9.78 Å². The van der Waals surface area contributed by atoms with Gasteiger partial charge in [0, 0.05) is 21.8 Å². The molecule has 0 aliphatic heterocycles. The maximum atomic E-state index is 12.5. The summed E-state index contributed by atoms with van der Waals surface area (Å²) in [5.74, 6) is 0.997.